The second kappa shape index (κ2) is 5.94. The molecule has 4 rings (SSSR count). The van der Waals surface area contributed by atoms with Crippen LogP contribution in [0.15, 0.2) is 85.2 Å². The number of halogens is 1. The molecule has 0 aliphatic heterocycles. The van der Waals surface area contributed by atoms with E-state index in [1.807, 2.05) is 18.2 Å². The maximum atomic E-state index is 6.25. The SMILES string of the molecule is Clc1ccc(-n2cccc2)c(Cc2cccc3ccccc23)c1. The largest absolute Gasteiger partial charge is 0.324 e. The van der Waals surface area contributed by atoms with E-state index in [0.29, 0.717) is 0 Å². The van der Waals surface area contributed by atoms with Crippen molar-refractivity contribution in [2.24, 2.45) is 0 Å². The fourth-order valence-electron chi connectivity index (χ4n) is 3.09. The van der Waals surface area contributed by atoms with Crippen molar-refractivity contribution in [2.75, 3.05) is 0 Å². The summed E-state index contributed by atoms with van der Waals surface area (Å²) in [5.41, 5.74) is 3.72. The van der Waals surface area contributed by atoms with Crippen molar-refractivity contribution in [3.63, 3.8) is 0 Å². The Kier molecular flexibility index (Phi) is 3.64. The molecule has 0 bridgehead atoms. The molecule has 0 saturated heterocycles. The molecule has 1 aromatic heterocycles. The molecule has 0 amide bonds. The molecule has 0 atom stereocenters. The summed E-state index contributed by atoms with van der Waals surface area (Å²) < 4.78 is 2.14. The van der Waals surface area contributed by atoms with Gasteiger partial charge in [-0.25, -0.2) is 0 Å². The predicted octanol–water partition coefficient (Wildman–Crippen LogP) is 5.87. The first kappa shape index (κ1) is 14.1. The molecule has 1 heterocycles. The van der Waals surface area contributed by atoms with E-state index < -0.39 is 0 Å². The van der Waals surface area contributed by atoms with Gasteiger partial charge in [-0.1, -0.05) is 54.1 Å². The number of fused-ring (bicyclic) bond motifs is 1. The minimum atomic E-state index is 0.774. The molecule has 0 N–H and O–H groups in total. The Bertz CT molecular complexity index is 949. The minimum absolute atomic E-state index is 0.774. The highest BCUT2D eigenvalue weighted by atomic mass is 35.5. The third-order valence-electron chi connectivity index (χ3n) is 4.18. The lowest BCUT2D eigenvalue weighted by Gasteiger charge is -2.13. The van der Waals surface area contributed by atoms with Crippen LogP contribution in [0.3, 0.4) is 0 Å². The topological polar surface area (TPSA) is 4.93 Å². The maximum Gasteiger partial charge on any atom is 0.0485 e. The van der Waals surface area contributed by atoms with Crippen LogP contribution in [0.2, 0.25) is 5.02 Å². The second-order valence-electron chi connectivity index (χ2n) is 5.68. The van der Waals surface area contributed by atoms with E-state index in [0.717, 1.165) is 11.4 Å². The Labute approximate surface area is 140 Å². The molecule has 0 radical (unpaired) electrons. The Morgan fingerprint density at radius 1 is 0.739 bits per heavy atom. The third kappa shape index (κ3) is 2.76. The summed E-state index contributed by atoms with van der Waals surface area (Å²) >= 11 is 6.25. The summed E-state index contributed by atoms with van der Waals surface area (Å²) in [6.07, 6.45) is 4.99. The van der Waals surface area contributed by atoms with Crippen molar-refractivity contribution in [3.8, 4) is 5.69 Å². The number of hydrogen-bond donors (Lipinski definition) is 0. The molecular weight excluding hydrogens is 302 g/mol. The predicted molar refractivity (Wildman–Crippen MR) is 97.5 cm³/mol. The van der Waals surface area contributed by atoms with Gasteiger partial charge < -0.3 is 4.57 Å². The van der Waals surface area contributed by atoms with Crippen molar-refractivity contribution in [3.05, 3.63) is 101 Å². The van der Waals surface area contributed by atoms with Gasteiger partial charge >= 0.3 is 0 Å². The summed E-state index contributed by atoms with van der Waals surface area (Å²) in [5, 5.41) is 3.35. The summed E-state index contributed by atoms with van der Waals surface area (Å²) in [7, 11) is 0. The van der Waals surface area contributed by atoms with Crippen molar-refractivity contribution in [1.82, 2.24) is 4.57 Å². The second-order valence-corrected chi connectivity index (χ2v) is 6.11. The zero-order valence-corrected chi connectivity index (χ0v) is 13.4. The van der Waals surface area contributed by atoms with Crippen LogP contribution in [0.5, 0.6) is 0 Å². The number of benzene rings is 3. The highest BCUT2D eigenvalue weighted by Crippen LogP contribution is 2.26. The molecule has 0 fully saturated rings. The smallest absolute Gasteiger partial charge is 0.0485 e. The monoisotopic (exact) mass is 317 g/mol. The van der Waals surface area contributed by atoms with Gasteiger partial charge in [0.2, 0.25) is 0 Å². The fourth-order valence-corrected chi connectivity index (χ4v) is 3.29. The molecule has 0 aliphatic rings. The average molecular weight is 318 g/mol. The van der Waals surface area contributed by atoms with Crippen LogP contribution in [0.1, 0.15) is 11.1 Å². The Morgan fingerprint density at radius 3 is 2.39 bits per heavy atom. The Balaban J connectivity index is 1.83. The van der Waals surface area contributed by atoms with E-state index >= 15 is 0 Å². The van der Waals surface area contributed by atoms with Gasteiger partial charge in [0, 0.05) is 29.5 Å². The molecule has 3 aromatic carbocycles. The van der Waals surface area contributed by atoms with Gasteiger partial charge in [-0.15, -0.1) is 0 Å². The molecule has 2 heteroatoms. The van der Waals surface area contributed by atoms with E-state index in [-0.39, 0.29) is 0 Å². The quantitative estimate of drug-likeness (QED) is 0.445. The molecule has 1 nitrogen and oxygen atoms in total. The van der Waals surface area contributed by atoms with Gasteiger partial charge in [-0.3, -0.25) is 0 Å². The molecule has 0 spiro atoms. The maximum absolute atomic E-state index is 6.25. The van der Waals surface area contributed by atoms with Crippen LogP contribution in [0.4, 0.5) is 0 Å². The minimum Gasteiger partial charge on any atom is -0.324 e. The zero-order chi connectivity index (χ0) is 15.6. The van der Waals surface area contributed by atoms with Crippen LogP contribution in [-0.2, 0) is 6.42 Å². The van der Waals surface area contributed by atoms with Crippen molar-refractivity contribution < 1.29 is 0 Å². The average Bonchev–Trinajstić information content (AvgIpc) is 3.10. The summed E-state index contributed by atoms with van der Waals surface area (Å²) in [6, 6.07) is 25.2. The lowest BCUT2D eigenvalue weighted by molar-refractivity contribution is 1.03. The molecule has 0 unspecified atom stereocenters. The van der Waals surface area contributed by atoms with Crippen LogP contribution >= 0.6 is 11.6 Å². The van der Waals surface area contributed by atoms with Crippen molar-refractivity contribution in [2.45, 2.75) is 6.42 Å². The van der Waals surface area contributed by atoms with E-state index in [1.54, 1.807) is 0 Å². The van der Waals surface area contributed by atoms with Gasteiger partial charge in [0.05, 0.1) is 0 Å². The third-order valence-corrected chi connectivity index (χ3v) is 4.42. The summed E-state index contributed by atoms with van der Waals surface area (Å²) in [6.45, 7) is 0. The summed E-state index contributed by atoms with van der Waals surface area (Å²) in [5.74, 6) is 0. The highest BCUT2D eigenvalue weighted by Gasteiger charge is 2.08. The molecule has 4 aromatic rings. The molecule has 23 heavy (non-hydrogen) atoms. The fraction of sp³-hybridized carbons (Fsp3) is 0.0476. The lowest BCUT2D eigenvalue weighted by Crippen LogP contribution is -1.99. The number of nitrogens with zero attached hydrogens (tertiary/aromatic N) is 1. The standard InChI is InChI=1S/C21H16ClN/c22-19-10-11-21(23-12-3-4-13-23)18(15-19)14-17-8-5-7-16-6-1-2-9-20(16)17/h1-13,15H,14H2. The van der Waals surface area contributed by atoms with Crippen LogP contribution < -0.4 is 0 Å². The van der Waals surface area contributed by atoms with Gasteiger partial charge in [-0.05, 0) is 52.2 Å². The van der Waals surface area contributed by atoms with Crippen LogP contribution in [0.25, 0.3) is 16.5 Å². The zero-order valence-electron chi connectivity index (χ0n) is 12.6. The highest BCUT2D eigenvalue weighted by molar-refractivity contribution is 6.30. The normalized spacial score (nSPS) is 11.0. The lowest BCUT2D eigenvalue weighted by atomic mass is 9.97. The Morgan fingerprint density at radius 2 is 1.52 bits per heavy atom. The molecule has 112 valence electrons. The van der Waals surface area contributed by atoms with E-state index in [4.69, 9.17) is 11.6 Å². The molecular formula is C21H16ClN. The molecule has 0 aliphatic carbocycles. The summed E-state index contributed by atoms with van der Waals surface area (Å²) in [4.78, 5) is 0. The van der Waals surface area contributed by atoms with Gasteiger partial charge in [0.15, 0.2) is 0 Å². The van der Waals surface area contributed by atoms with Crippen LogP contribution in [-0.4, -0.2) is 4.57 Å². The number of rotatable bonds is 3. The first-order chi connectivity index (χ1) is 11.3. The van der Waals surface area contributed by atoms with E-state index in [9.17, 15) is 0 Å². The number of aromatic nitrogens is 1. The van der Waals surface area contributed by atoms with Gasteiger partial charge in [0.25, 0.3) is 0 Å². The number of hydrogen-bond acceptors (Lipinski definition) is 0. The van der Waals surface area contributed by atoms with Gasteiger partial charge in [-0.2, -0.15) is 0 Å². The van der Waals surface area contributed by atoms with Crippen molar-refractivity contribution >= 4 is 22.4 Å². The molecule has 0 saturated carbocycles. The van der Waals surface area contributed by atoms with E-state index in [2.05, 4.69) is 71.6 Å². The van der Waals surface area contributed by atoms with Gasteiger partial charge in [0.1, 0.15) is 0 Å². The first-order valence-electron chi connectivity index (χ1n) is 7.70. The van der Waals surface area contributed by atoms with Crippen LogP contribution in [0, 0.1) is 0 Å². The van der Waals surface area contributed by atoms with E-state index in [1.165, 1.54) is 27.6 Å². The Hall–Kier alpha value is -2.51. The first-order valence-corrected chi connectivity index (χ1v) is 8.07. The van der Waals surface area contributed by atoms with Crippen molar-refractivity contribution in [1.29, 1.82) is 0 Å².